The number of hydrogen-bond donors (Lipinski definition) is 2. The number of nitrogens with one attached hydrogen (secondary N) is 2. The van der Waals surface area contributed by atoms with Crippen LogP contribution in [0.15, 0.2) is 59.1 Å². The number of aryl methyl sites for hydroxylation is 1. The summed E-state index contributed by atoms with van der Waals surface area (Å²) in [6.45, 7) is 1.33. The Morgan fingerprint density at radius 1 is 0.864 bits per heavy atom. The monoisotopic (exact) mass is 360 g/mol. The van der Waals surface area contributed by atoms with Crippen molar-refractivity contribution >= 4 is 22.0 Å². The van der Waals surface area contributed by atoms with Gasteiger partial charge >= 0.3 is 6.03 Å². The zero-order chi connectivity index (χ0) is 15.6. The molecule has 0 unspecified atom stereocenters. The molecule has 3 nitrogen and oxygen atoms in total. The molecule has 4 heteroatoms. The van der Waals surface area contributed by atoms with Crippen LogP contribution in [0.2, 0.25) is 0 Å². The molecule has 0 aliphatic rings. The highest BCUT2D eigenvalue weighted by atomic mass is 79.9. The Kier molecular flexibility index (Phi) is 6.97. The second-order valence-corrected chi connectivity index (χ2v) is 6.07. The quantitative estimate of drug-likeness (QED) is 0.721. The number of carbonyl (C=O) groups is 1. The van der Waals surface area contributed by atoms with Crippen molar-refractivity contribution in [3.05, 3.63) is 70.2 Å². The largest absolute Gasteiger partial charge is 0.338 e. The molecular formula is C18H21BrN2O. The maximum absolute atomic E-state index is 11.7. The summed E-state index contributed by atoms with van der Waals surface area (Å²) in [5.41, 5.74) is 2.51. The molecule has 0 saturated carbocycles. The third-order valence-corrected chi connectivity index (χ3v) is 3.85. The summed E-state index contributed by atoms with van der Waals surface area (Å²) in [6, 6.07) is 18.3. The van der Waals surface area contributed by atoms with Crippen molar-refractivity contribution in [3.8, 4) is 0 Å². The predicted octanol–water partition coefficient (Wildman–Crippen LogP) is 3.92. The van der Waals surface area contributed by atoms with Gasteiger partial charge in [-0.1, -0.05) is 58.4 Å². The summed E-state index contributed by atoms with van der Waals surface area (Å²) in [5.74, 6) is 0. The first-order valence-electron chi connectivity index (χ1n) is 7.54. The van der Waals surface area contributed by atoms with Crippen LogP contribution in [-0.2, 0) is 12.8 Å². The molecule has 0 saturated heterocycles. The van der Waals surface area contributed by atoms with Crippen LogP contribution in [0.1, 0.15) is 17.5 Å². The lowest BCUT2D eigenvalue weighted by atomic mass is 10.1. The van der Waals surface area contributed by atoms with Crippen molar-refractivity contribution in [3.63, 3.8) is 0 Å². The van der Waals surface area contributed by atoms with Gasteiger partial charge in [-0.3, -0.25) is 0 Å². The number of rotatable bonds is 7. The minimum Gasteiger partial charge on any atom is -0.338 e. The molecule has 0 aliphatic heterocycles. The highest BCUT2D eigenvalue weighted by Crippen LogP contribution is 2.11. The minimum atomic E-state index is -0.0944. The lowest BCUT2D eigenvalue weighted by Gasteiger charge is -2.08. The Morgan fingerprint density at radius 2 is 1.59 bits per heavy atom. The van der Waals surface area contributed by atoms with Crippen molar-refractivity contribution in [1.29, 1.82) is 0 Å². The first kappa shape index (κ1) is 16.6. The summed E-state index contributed by atoms with van der Waals surface area (Å²) >= 11 is 3.44. The molecule has 2 amide bonds. The molecule has 0 atom stereocenters. The predicted molar refractivity (Wildman–Crippen MR) is 94.0 cm³/mol. The van der Waals surface area contributed by atoms with Gasteiger partial charge in [0.15, 0.2) is 0 Å². The number of benzene rings is 2. The van der Waals surface area contributed by atoms with E-state index < -0.39 is 0 Å². The standard InChI is InChI=1S/C18H21BrN2O/c19-17-10-4-8-16(14-17)11-13-21-18(22)20-12-5-9-15-6-2-1-3-7-15/h1-4,6-8,10,14H,5,9,11-13H2,(H2,20,21,22). The van der Waals surface area contributed by atoms with Gasteiger partial charge in [0.05, 0.1) is 0 Å². The van der Waals surface area contributed by atoms with Crippen LogP contribution < -0.4 is 10.6 Å². The number of carbonyl (C=O) groups excluding carboxylic acids is 1. The van der Waals surface area contributed by atoms with Crippen molar-refractivity contribution in [2.45, 2.75) is 19.3 Å². The van der Waals surface area contributed by atoms with Gasteiger partial charge in [-0.05, 0) is 42.5 Å². The molecule has 2 rings (SSSR count). The summed E-state index contributed by atoms with van der Waals surface area (Å²) < 4.78 is 1.07. The van der Waals surface area contributed by atoms with Crippen molar-refractivity contribution in [1.82, 2.24) is 10.6 Å². The van der Waals surface area contributed by atoms with Gasteiger partial charge in [0.1, 0.15) is 0 Å². The smallest absolute Gasteiger partial charge is 0.314 e. The molecule has 0 spiro atoms. The molecule has 0 fully saturated rings. The lowest BCUT2D eigenvalue weighted by Crippen LogP contribution is -2.37. The van der Waals surface area contributed by atoms with E-state index in [1.807, 2.05) is 30.3 Å². The number of halogens is 1. The van der Waals surface area contributed by atoms with Gasteiger partial charge in [0.2, 0.25) is 0 Å². The molecular weight excluding hydrogens is 340 g/mol. The maximum Gasteiger partial charge on any atom is 0.314 e. The second-order valence-electron chi connectivity index (χ2n) is 5.15. The van der Waals surface area contributed by atoms with Gasteiger partial charge in [-0.25, -0.2) is 4.79 Å². The van der Waals surface area contributed by atoms with E-state index in [1.165, 1.54) is 11.1 Å². The van der Waals surface area contributed by atoms with Crippen LogP contribution in [0.3, 0.4) is 0 Å². The zero-order valence-corrected chi connectivity index (χ0v) is 14.1. The van der Waals surface area contributed by atoms with Crippen LogP contribution in [0.4, 0.5) is 4.79 Å². The van der Waals surface area contributed by atoms with Crippen molar-refractivity contribution in [2.75, 3.05) is 13.1 Å². The molecule has 2 aromatic carbocycles. The van der Waals surface area contributed by atoms with E-state index >= 15 is 0 Å². The fourth-order valence-electron chi connectivity index (χ4n) is 2.21. The fraction of sp³-hybridized carbons (Fsp3) is 0.278. The molecule has 0 bridgehead atoms. The van der Waals surface area contributed by atoms with Crippen LogP contribution in [0.5, 0.6) is 0 Å². The van der Waals surface area contributed by atoms with E-state index in [9.17, 15) is 4.79 Å². The lowest BCUT2D eigenvalue weighted by molar-refractivity contribution is 0.241. The van der Waals surface area contributed by atoms with Crippen LogP contribution in [-0.4, -0.2) is 19.1 Å². The molecule has 0 aliphatic carbocycles. The SMILES string of the molecule is O=C(NCCCc1ccccc1)NCCc1cccc(Br)c1. The van der Waals surface area contributed by atoms with Gasteiger partial charge in [-0.2, -0.15) is 0 Å². The first-order valence-corrected chi connectivity index (χ1v) is 8.33. The topological polar surface area (TPSA) is 41.1 Å². The Hall–Kier alpha value is -1.81. The van der Waals surface area contributed by atoms with E-state index in [4.69, 9.17) is 0 Å². The van der Waals surface area contributed by atoms with Gasteiger partial charge < -0.3 is 10.6 Å². The van der Waals surface area contributed by atoms with Crippen LogP contribution in [0.25, 0.3) is 0 Å². The molecule has 2 N–H and O–H groups in total. The Morgan fingerprint density at radius 3 is 2.36 bits per heavy atom. The molecule has 0 aromatic heterocycles. The Labute approximate surface area is 140 Å². The second kappa shape index (κ2) is 9.26. The Balaban J connectivity index is 1.56. The van der Waals surface area contributed by atoms with E-state index in [0.717, 1.165) is 23.7 Å². The van der Waals surface area contributed by atoms with Gasteiger partial charge in [-0.15, -0.1) is 0 Å². The van der Waals surface area contributed by atoms with E-state index in [1.54, 1.807) is 0 Å². The molecule has 116 valence electrons. The highest BCUT2D eigenvalue weighted by Gasteiger charge is 2.00. The van der Waals surface area contributed by atoms with Gasteiger partial charge in [0, 0.05) is 17.6 Å². The number of hydrogen-bond acceptors (Lipinski definition) is 1. The van der Waals surface area contributed by atoms with Gasteiger partial charge in [0.25, 0.3) is 0 Å². The maximum atomic E-state index is 11.7. The number of urea groups is 1. The van der Waals surface area contributed by atoms with Crippen LogP contribution in [0, 0.1) is 0 Å². The normalized spacial score (nSPS) is 10.2. The fourth-order valence-corrected chi connectivity index (χ4v) is 2.66. The zero-order valence-electron chi connectivity index (χ0n) is 12.5. The summed E-state index contributed by atoms with van der Waals surface area (Å²) in [4.78, 5) is 11.7. The van der Waals surface area contributed by atoms with Crippen LogP contribution >= 0.6 is 15.9 Å². The summed E-state index contributed by atoms with van der Waals surface area (Å²) in [6.07, 6.45) is 2.76. The van der Waals surface area contributed by atoms with Crippen molar-refractivity contribution in [2.24, 2.45) is 0 Å². The van der Waals surface area contributed by atoms with E-state index in [0.29, 0.717) is 13.1 Å². The Bertz CT molecular complexity index is 587. The number of amides is 2. The minimum absolute atomic E-state index is 0.0944. The van der Waals surface area contributed by atoms with Crippen molar-refractivity contribution < 1.29 is 4.79 Å². The molecule has 0 radical (unpaired) electrons. The third kappa shape index (κ3) is 6.31. The molecule has 0 heterocycles. The first-order chi connectivity index (χ1) is 10.7. The third-order valence-electron chi connectivity index (χ3n) is 3.36. The molecule has 22 heavy (non-hydrogen) atoms. The molecule has 2 aromatic rings. The average molecular weight is 361 g/mol. The van der Waals surface area contributed by atoms with E-state index in [2.05, 4.69) is 50.8 Å². The highest BCUT2D eigenvalue weighted by molar-refractivity contribution is 9.10. The average Bonchev–Trinajstić information content (AvgIpc) is 2.53. The summed E-state index contributed by atoms with van der Waals surface area (Å²) in [7, 11) is 0. The van der Waals surface area contributed by atoms with E-state index in [-0.39, 0.29) is 6.03 Å². The summed E-state index contributed by atoms with van der Waals surface area (Å²) in [5, 5.41) is 5.78.